The third-order valence-electron chi connectivity index (χ3n) is 4.25. The summed E-state index contributed by atoms with van der Waals surface area (Å²) >= 11 is 0. The van der Waals surface area contributed by atoms with Crippen LogP contribution in [0.3, 0.4) is 0 Å². The second kappa shape index (κ2) is 6.40. The molecule has 1 aromatic carbocycles. The summed E-state index contributed by atoms with van der Waals surface area (Å²) in [6, 6.07) is 6.22. The molecule has 0 saturated heterocycles. The second-order valence-electron chi connectivity index (χ2n) is 5.74. The zero-order valence-corrected chi connectivity index (χ0v) is 12.5. The summed E-state index contributed by atoms with van der Waals surface area (Å²) in [5.41, 5.74) is 1.14. The molecule has 0 spiro atoms. The fourth-order valence-corrected chi connectivity index (χ4v) is 2.94. The van der Waals surface area contributed by atoms with Crippen LogP contribution in [0.4, 0.5) is 4.39 Å². The minimum absolute atomic E-state index is 0.153. The van der Waals surface area contributed by atoms with Crippen molar-refractivity contribution in [3.05, 3.63) is 41.8 Å². The highest BCUT2D eigenvalue weighted by Crippen LogP contribution is 2.21. The van der Waals surface area contributed by atoms with E-state index in [1.807, 2.05) is 0 Å². The number of ether oxygens (including phenoxy) is 1. The van der Waals surface area contributed by atoms with Crippen LogP contribution in [-0.4, -0.2) is 30.1 Å². The van der Waals surface area contributed by atoms with Crippen molar-refractivity contribution >= 4 is 16.8 Å². The van der Waals surface area contributed by atoms with Gasteiger partial charge in [0.2, 0.25) is 0 Å². The summed E-state index contributed by atoms with van der Waals surface area (Å²) in [4.78, 5) is 16.5. The van der Waals surface area contributed by atoms with Crippen molar-refractivity contribution in [1.82, 2.24) is 10.3 Å². The molecule has 3 rings (SSSR count). The van der Waals surface area contributed by atoms with Crippen LogP contribution in [0, 0.1) is 5.82 Å². The van der Waals surface area contributed by atoms with Crippen molar-refractivity contribution < 1.29 is 13.9 Å². The van der Waals surface area contributed by atoms with Gasteiger partial charge in [-0.2, -0.15) is 0 Å². The van der Waals surface area contributed by atoms with Gasteiger partial charge in [-0.1, -0.05) is 0 Å². The van der Waals surface area contributed by atoms with Gasteiger partial charge < -0.3 is 10.1 Å². The predicted molar refractivity (Wildman–Crippen MR) is 82.2 cm³/mol. The first-order valence-corrected chi connectivity index (χ1v) is 7.54. The normalized spacial score (nSPS) is 21.7. The molecule has 0 atom stereocenters. The molecule has 5 heteroatoms. The van der Waals surface area contributed by atoms with Crippen LogP contribution in [0.2, 0.25) is 0 Å². The first kappa shape index (κ1) is 14.9. The first-order chi connectivity index (χ1) is 10.7. The van der Waals surface area contributed by atoms with Crippen LogP contribution in [0.5, 0.6) is 0 Å². The summed E-state index contributed by atoms with van der Waals surface area (Å²) in [5.74, 6) is -0.482. The number of hydrogen-bond acceptors (Lipinski definition) is 3. The van der Waals surface area contributed by atoms with Crippen LogP contribution >= 0.6 is 0 Å². The number of aromatic nitrogens is 1. The molecular formula is C17H19FN2O2. The molecule has 0 radical (unpaired) electrons. The van der Waals surface area contributed by atoms with E-state index in [1.165, 1.54) is 18.3 Å². The molecule has 116 valence electrons. The number of carbonyl (C=O) groups excluding carboxylic acids is 1. The number of methoxy groups -OCH3 is 1. The first-order valence-electron chi connectivity index (χ1n) is 7.54. The number of rotatable bonds is 3. The van der Waals surface area contributed by atoms with E-state index in [2.05, 4.69) is 10.3 Å². The van der Waals surface area contributed by atoms with E-state index in [9.17, 15) is 9.18 Å². The van der Waals surface area contributed by atoms with Crippen LogP contribution < -0.4 is 5.32 Å². The number of carbonyl (C=O) groups is 1. The van der Waals surface area contributed by atoms with E-state index in [0.717, 1.165) is 25.7 Å². The average molecular weight is 302 g/mol. The van der Waals surface area contributed by atoms with Gasteiger partial charge >= 0.3 is 0 Å². The molecule has 1 amide bonds. The predicted octanol–water partition coefficient (Wildman–Crippen LogP) is 3.06. The molecule has 1 heterocycles. The van der Waals surface area contributed by atoms with E-state index in [4.69, 9.17) is 4.74 Å². The zero-order chi connectivity index (χ0) is 15.5. The van der Waals surface area contributed by atoms with Gasteiger partial charge in [0.05, 0.1) is 17.2 Å². The Bertz CT molecular complexity index is 681. The monoisotopic (exact) mass is 302 g/mol. The molecule has 1 aliphatic rings. The van der Waals surface area contributed by atoms with Gasteiger partial charge in [-0.3, -0.25) is 9.78 Å². The van der Waals surface area contributed by atoms with Gasteiger partial charge in [0.1, 0.15) is 5.82 Å². The molecule has 1 saturated carbocycles. The van der Waals surface area contributed by atoms with Gasteiger partial charge in [-0.25, -0.2) is 4.39 Å². The fraction of sp³-hybridized carbons (Fsp3) is 0.412. The Labute approximate surface area is 128 Å². The lowest BCUT2D eigenvalue weighted by molar-refractivity contribution is 0.0599. The topological polar surface area (TPSA) is 51.2 Å². The summed E-state index contributed by atoms with van der Waals surface area (Å²) in [7, 11) is 1.73. The number of fused-ring (bicyclic) bond motifs is 1. The molecule has 1 N–H and O–H groups in total. The molecule has 0 unspecified atom stereocenters. The van der Waals surface area contributed by atoms with E-state index < -0.39 is 0 Å². The SMILES string of the molecule is COC1CCC(NC(=O)c2cnc3ccc(F)cc3c2)CC1. The summed E-state index contributed by atoms with van der Waals surface area (Å²) in [6.07, 6.45) is 5.60. The molecule has 0 aliphatic heterocycles. The molecule has 4 nitrogen and oxygen atoms in total. The average Bonchev–Trinajstić information content (AvgIpc) is 2.54. The maximum absolute atomic E-state index is 13.3. The van der Waals surface area contributed by atoms with Crippen LogP contribution in [-0.2, 0) is 4.74 Å². The highest BCUT2D eigenvalue weighted by Gasteiger charge is 2.22. The van der Waals surface area contributed by atoms with E-state index in [-0.39, 0.29) is 17.8 Å². The Morgan fingerprint density at radius 3 is 2.77 bits per heavy atom. The lowest BCUT2D eigenvalue weighted by Gasteiger charge is -2.28. The van der Waals surface area contributed by atoms with Gasteiger partial charge in [-0.15, -0.1) is 0 Å². The Balaban J connectivity index is 1.70. The molecule has 0 bridgehead atoms. The summed E-state index contributed by atoms with van der Waals surface area (Å²) in [6.45, 7) is 0. The number of benzene rings is 1. The Morgan fingerprint density at radius 2 is 2.05 bits per heavy atom. The fourth-order valence-electron chi connectivity index (χ4n) is 2.94. The molecule has 2 aromatic rings. The molecule has 22 heavy (non-hydrogen) atoms. The number of amides is 1. The van der Waals surface area contributed by atoms with Crippen molar-refractivity contribution in [1.29, 1.82) is 0 Å². The Kier molecular flexibility index (Phi) is 4.34. The Hall–Kier alpha value is -2.01. The number of pyridine rings is 1. The van der Waals surface area contributed by atoms with Crippen molar-refractivity contribution in [2.24, 2.45) is 0 Å². The second-order valence-corrected chi connectivity index (χ2v) is 5.74. The number of nitrogens with zero attached hydrogens (tertiary/aromatic N) is 1. The third-order valence-corrected chi connectivity index (χ3v) is 4.25. The van der Waals surface area contributed by atoms with Crippen LogP contribution in [0.15, 0.2) is 30.5 Å². The molecule has 1 aromatic heterocycles. The van der Waals surface area contributed by atoms with E-state index >= 15 is 0 Å². The van der Waals surface area contributed by atoms with Crippen molar-refractivity contribution in [3.63, 3.8) is 0 Å². The quantitative estimate of drug-likeness (QED) is 0.948. The molecule has 1 fully saturated rings. The van der Waals surface area contributed by atoms with Crippen LogP contribution in [0.25, 0.3) is 10.9 Å². The molecular weight excluding hydrogens is 283 g/mol. The van der Waals surface area contributed by atoms with E-state index in [0.29, 0.717) is 22.6 Å². The van der Waals surface area contributed by atoms with Crippen molar-refractivity contribution in [3.8, 4) is 0 Å². The van der Waals surface area contributed by atoms with Gasteiger partial charge in [0.15, 0.2) is 0 Å². The third kappa shape index (κ3) is 3.25. The zero-order valence-electron chi connectivity index (χ0n) is 12.5. The van der Waals surface area contributed by atoms with Gasteiger partial charge in [-0.05, 0) is 49.9 Å². The van der Waals surface area contributed by atoms with Gasteiger partial charge in [0.25, 0.3) is 5.91 Å². The minimum atomic E-state index is -0.329. The van der Waals surface area contributed by atoms with Crippen LogP contribution in [0.1, 0.15) is 36.0 Å². The maximum Gasteiger partial charge on any atom is 0.253 e. The number of hydrogen-bond donors (Lipinski definition) is 1. The standard InChI is InChI=1S/C17H19FN2O2/c1-22-15-5-3-14(4-6-15)20-17(21)12-8-11-9-13(18)2-7-16(11)19-10-12/h2,7-10,14-15H,3-6H2,1H3,(H,20,21). The molecule has 1 aliphatic carbocycles. The van der Waals surface area contributed by atoms with E-state index in [1.54, 1.807) is 19.2 Å². The summed E-state index contributed by atoms with van der Waals surface area (Å²) < 4.78 is 18.6. The number of halogens is 1. The van der Waals surface area contributed by atoms with Gasteiger partial charge in [0, 0.05) is 24.7 Å². The van der Waals surface area contributed by atoms with Crippen molar-refractivity contribution in [2.75, 3.05) is 7.11 Å². The number of nitrogens with one attached hydrogen (secondary N) is 1. The summed E-state index contributed by atoms with van der Waals surface area (Å²) in [5, 5.41) is 3.67. The maximum atomic E-state index is 13.3. The van der Waals surface area contributed by atoms with Crippen molar-refractivity contribution in [2.45, 2.75) is 37.8 Å². The highest BCUT2D eigenvalue weighted by molar-refractivity contribution is 5.97. The lowest BCUT2D eigenvalue weighted by Crippen LogP contribution is -2.38. The lowest BCUT2D eigenvalue weighted by atomic mass is 9.93. The minimum Gasteiger partial charge on any atom is -0.381 e. The Morgan fingerprint density at radius 1 is 1.27 bits per heavy atom. The largest absolute Gasteiger partial charge is 0.381 e. The smallest absolute Gasteiger partial charge is 0.253 e. The highest BCUT2D eigenvalue weighted by atomic mass is 19.1.